The molecule has 3 nitrogen and oxygen atoms in total. The molecule has 0 aromatic carbocycles. The van der Waals surface area contributed by atoms with Gasteiger partial charge in [0.25, 0.3) is 0 Å². The van der Waals surface area contributed by atoms with Crippen LogP contribution in [0.4, 0.5) is 0 Å². The van der Waals surface area contributed by atoms with E-state index in [1.54, 1.807) is 0 Å². The quantitative estimate of drug-likeness (QED) is 0.702. The Kier molecular flexibility index (Phi) is 2.54. The molecule has 0 aromatic rings. The number of hydrogen-bond donors (Lipinski definition) is 1. The maximum Gasteiger partial charge on any atom is 0.308 e. The van der Waals surface area contributed by atoms with Crippen molar-refractivity contribution in [2.45, 2.75) is 38.1 Å². The summed E-state index contributed by atoms with van der Waals surface area (Å²) < 4.78 is 0. The highest BCUT2D eigenvalue weighted by Gasteiger charge is 2.37. The van der Waals surface area contributed by atoms with Crippen molar-refractivity contribution in [2.24, 2.45) is 5.92 Å². The Morgan fingerprint density at radius 1 is 1.15 bits per heavy atom. The predicted molar refractivity (Wildman–Crippen MR) is 49.6 cm³/mol. The van der Waals surface area contributed by atoms with E-state index in [9.17, 15) is 4.79 Å². The van der Waals surface area contributed by atoms with Gasteiger partial charge >= 0.3 is 5.97 Å². The van der Waals surface area contributed by atoms with Gasteiger partial charge in [-0.15, -0.1) is 0 Å². The third kappa shape index (κ3) is 1.70. The van der Waals surface area contributed by atoms with E-state index in [1.807, 2.05) is 0 Å². The lowest BCUT2D eigenvalue weighted by Gasteiger charge is -2.26. The number of aliphatic carboxylic acids is 1. The van der Waals surface area contributed by atoms with Crippen LogP contribution in [-0.4, -0.2) is 35.1 Å². The average molecular weight is 183 g/mol. The minimum Gasteiger partial charge on any atom is -0.481 e. The van der Waals surface area contributed by atoms with E-state index in [-0.39, 0.29) is 5.92 Å². The largest absolute Gasteiger partial charge is 0.481 e. The Labute approximate surface area is 78.7 Å². The number of rotatable bonds is 2. The molecule has 3 heteroatoms. The molecule has 1 heterocycles. The molecule has 1 N–H and O–H groups in total. The fraction of sp³-hybridized carbons (Fsp3) is 0.900. The molecular weight excluding hydrogens is 166 g/mol. The van der Waals surface area contributed by atoms with Crippen molar-refractivity contribution < 1.29 is 9.90 Å². The van der Waals surface area contributed by atoms with Crippen LogP contribution in [0.2, 0.25) is 0 Å². The van der Waals surface area contributed by atoms with Crippen molar-refractivity contribution in [2.75, 3.05) is 13.1 Å². The number of likely N-dealkylation sites (tertiary alicyclic amines) is 1. The molecule has 0 aromatic heterocycles. The highest BCUT2D eigenvalue weighted by Crippen LogP contribution is 2.32. The number of carboxylic acid groups (broad SMARTS) is 1. The van der Waals surface area contributed by atoms with Crippen LogP contribution < -0.4 is 0 Å². The van der Waals surface area contributed by atoms with E-state index < -0.39 is 5.97 Å². The zero-order valence-corrected chi connectivity index (χ0v) is 7.91. The zero-order valence-electron chi connectivity index (χ0n) is 7.91. The first-order valence-electron chi connectivity index (χ1n) is 5.26. The summed E-state index contributed by atoms with van der Waals surface area (Å²) in [5.41, 5.74) is 0. The molecule has 2 rings (SSSR count). The van der Waals surface area contributed by atoms with E-state index in [4.69, 9.17) is 5.11 Å². The van der Waals surface area contributed by atoms with Gasteiger partial charge in [0.15, 0.2) is 0 Å². The van der Waals surface area contributed by atoms with Gasteiger partial charge in [-0.3, -0.25) is 9.69 Å². The van der Waals surface area contributed by atoms with Gasteiger partial charge in [-0.25, -0.2) is 0 Å². The Bertz CT molecular complexity index is 199. The second kappa shape index (κ2) is 3.66. The van der Waals surface area contributed by atoms with Crippen LogP contribution in [0.3, 0.4) is 0 Å². The van der Waals surface area contributed by atoms with Crippen LogP contribution in [0.15, 0.2) is 0 Å². The molecule has 2 aliphatic rings. The number of nitrogens with zero attached hydrogens (tertiary/aromatic N) is 1. The molecule has 0 amide bonds. The first-order valence-corrected chi connectivity index (χ1v) is 5.26. The molecule has 1 aliphatic heterocycles. The summed E-state index contributed by atoms with van der Waals surface area (Å²) in [6.45, 7) is 2.24. The smallest absolute Gasteiger partial charge is 0.308 e. The van der Waals surface area contributed by atoms with E-state index in [0.29, 0.717) is 6.04 Å². The molecule has 0 radical (unpaired) electrons. The van der Waals surface area contributed by atoms with Crippen LogP contribution in [-0.2, 0) is 4.79 Å². The Morgan fingerprint density at radius 3 is 2.46 bits per heavy atom. The van der Waals surface area contributed by atoms with Crippen molar-refractivity contribution in [1.29, 1.82) is 0 Å². The topological polar surface area (TPSA) is 40.5 Å². The third-order valence-electron chi connectivity index (χ3n) is 3.41. The van der Waals surface area contributed by atoms with Crippen molar-refractivity contribution in [3.05, 3.63) is 0 Å². The summed E-state index contributed by atoms with van der Waals surface area (Å²) in [6, 6.07) is 0.347. The standard InChI is InChI=1S/C10H17NO2/c12-10(13)8-4-3-5-9(8)11-6-1-2-7-11/h8-9H,1-7H2,(H,12,13). The molecule has 1 saturated carbocycles. The Balaban J connectivity index is 2.00. The lowest BCUT2D eigenvalue weighted by molar-refractivity contribution is -0.143. The normalized spacial score (nSPS) is 35.4. The van der Waals surface area contributed by atoms with Gasteiger partial charge in [0.1, 0.15) is 0 Å². The summed E-state index contributed by atoms with van der Waals surface area (Å²) in [5, 5.41) is 9.02. The van der Waals surface area contributed by atoms with E-state index in [1.165, 1.54) is 12.8 Å². The second-order valence-electron chi connectivity index (χ2n) is 4.19. The molecule has 0 spiro atoms. The maximum absolute atomic E-state index is 10.9. The SMILES string of the molecule is O=C(O)C1CCCC1N1CCCC1. The van der Waals surface area contributed by atoms with Crippen molar-refractivity contribution in [1.82, 2.24) is 4.90 Å². The highest BCUT2D eigenvalue weighted by molar-refractivity contribution is 5.71. The van der Waals surface area contributed by atoms with Gasteiger partial charge in [0.05, 0.1) is 5.92 Å². The van der Waals surface area contributed by atoms with E-state index >= 15 is 0 Å². The van der Waals surface area contributed by atoms with Crippen LogP contribution in [0, 0.1) is 5.92 Å². The third-order valence-corrected chi connectivity index (χ3v) is 3.41. The van der Waals surface area contributed by atoms with Crippen molar-refractivity contribution >= 4 is 5.97 Å². The fourth-order valence-electron chi connectivity index (χ4n) is 2.74. The van der Waals surface area contributed by atoms with Gasteiger partial charge in [0.2, 0.25) is 0 Å². The predicted octanol–water partition coefficient (Wildman–Crippen LogP) is 1.34. The van der Waals surface area contributed by atoms with E-state index in [2.05, 4.69) is 4.90 Å². The fourth-order valence-corrected chi connectivity index (χ4v) is 2.74. The number of carbonyl (C=O) groups is 1. The number of hydrogen-bond acceptors (Lipinski definition) is 2. The first kappa shape index (κ1) is 9.00. The van der Waals surface area contributed by atoms with Gasteiger partial charge in [0, 0.05) is 6.04 Å². The average Bonchev–Trinajstić information content (AvgIpc) is 2.74. The maximum atomic E-state index is 10.9. The van der Waals surface area contributed by atoms with Gasteiger partial charge in [-0.2, -0.15) is 0 Å². The lowest BCUT2D eigenvalue weighted by Crippen LogP contribution is -2.38. The van der Waals surface area contributed by atoms with Gasteiger partial charge in [-0.1, -0.05) is 6.42 Å². The molecule has 2 atom stereocenters. The molecule has 0 bridgehead atoms. The Hall–Kier alpha value is -0.570. The lowest BCUT2D eigenvalue weighted by atomic mass is 10.0. The Morgan fingerprint density at radius 2 is 1.85 bits per heavy atom. The summed E-state index contributed by atoms with van der Waals surface area (Å²) in [6.07, 6.45) is 5.58. The second-order valence-corrected chi connectivity index (χ2v) is 4.19. The van der Waals surface area contributed by atoms with Crippen molar-refractivity contribution in [3.8, 4) is 0 Å². The number of carboxylic acids is 1. The summed E-state index contributed by atoms with van der Waals surface area (Å²) in [4.78, 5) is 13.3. The summed E-state index contributed by atoms with van der Waals surface area (Å²) in [5.74, 6) is -0.674. The van der Waals surface area contributed by atoms with Crippen LogP contribution >= 0.6 is 0 Å². The minimum atomic E-state index is -0.589. The van der Waals surface area contributed by atoms with Crippen LogP contribution in [0.5, 0.6) is 0 Å². The monoisotopic (exact) mass is 183 g/mol. The van der Waals surface area contributed by atoms with Crippen LogP contribution in [0.25, 0.3) is 0 Å². The van der Waals surface area contributed by atoms with Gasteiger partial charge in [-0.05, 0) is 38.8 Å². The summed E-state index contributed by atoms with van der Waals surface area (Å²) >= 11 is 0. The molecular formula is C10H17NO2. The molecule has 2 fully saturated rings. The molecule has 1 aliphatic carbocycles. The molecule has 1 saturated heterocycles. The molecule has 74 valence electrons. The van der Waals surface area contributed by atoms with Gasteiger partial charge < -0.3 is 5.11 Å². The highest BCUT2D eigenvalue weighted by atomic mass is 16.4. The zero-order chi connectivity index (χ0) is 9.26. The van der Waals surface area contributed by atoms with Crippen molar-refractivity contribution in [3.63, 3.8) is 0 Å². The molecule has 2 unspecified atom stereocenters. The van der Waals surface area contributed by atoms with Crippen LogP contribution in [0.1, 0.15) is 32.1 Å². The summed E-state index contributed by atoms with van der Waals surface area (Å²) in [7, 11) is 0. The minimum absolute atomic E-state index is 0.0851. The van der Waals surface area contributed by atoms with E-state index in [0.717, 1.165) is 32.4 Å². The molecule has 13 heavy (non-hydrogen) atoms. The first-order chi connectivity index (χ1) is 6.29.